The summed E-state index contributed by atoms with van der Waals surface area (Å²) >= 11 is 6.08. The van der Waals surface area contributed by atoms with Gasteiger partial charge in [-0.15, -0.1) is 0 Å². The number of rotatable bonds is 9. The van der Waals surface area contributed by atoms with Gasteiger partial charge in [0.15, 0.2) is 0 Å². The van der Waals surface area contributed by atoms with Crippen molar-refractivity contribution in [1.82, 2.24) is 9.80 Å². The van der Waals surface area contributed by atoms with Gasteiger partial charge in [0.05, 0.1) is 19.3 Å². The monoisotopic (exact) mass is 458 g/mol. The summed E-state index contributed by atoms with van der Waals surface area (Å²) in [5.41, 5.74) is 3.42. The zero-order chi connectivity index (χ0) is 22.9. The molecule has 2 aromatic rings. The van der Waals surface area contributed by atoms with Crippen molar-refractivity contribution in [2.75, 3.05) is 39.3 Å². The van der Waals surface area contributed by atoms with Crippen LogP contribution in [0.3, 0.4) is 0 Å². The van der Waals surface area contributed by atoms with Crippen LogP contribution in [-0.2, 0) is 25.7 Å². The largest absolute Gasteiger partial charge is 0.466 e. The van der Waals surface area contributed by atoms with Gasteiger partial charge in [0.1, 0.15) is 6.42 Å². The van der Waals surface area contributed by atoms with E-state index in [9.17, 15) is 9.59 Å². The number of hydrogen-bond donors (Lipinski definition) is 0. The third-order valence-electron chi connectivity index (χ3n) is 5.53. The molecule has 1 atom stereocenters. The van der Waals surface area contributed by atoms with Crippen molar-refractivity contribution in [3.63, 3.8) is 0 Å². The van der Waals surface area contributed by atoms with Crippen molar-refractivity contribution in [2.45, 2.75) is 33.0 Å². The molecule has 172 valence electrons. The highest BCUT2D eigenvalue weighted by Gasteiger charge is 2.25. The summed E-state index contributed by atoms with van der Waals surface area (Å²) in [4.78, 5) is 27.9. The second-order valence-corrected chi connectivity index (χ2v) is 8.44. The van der Waals surface area contributed by atoms with E-state index in [0.717, 1.165) is 24.2 Å². The molecule has 6 nitrogen and oxygen atoms in total. The first kappa shape index (κ1) is 24.2. The van der Waals surface area contributed by atoms with E-state index in [2.05, 4.69) is 30.0 Å². The highest BCUT2D eigenvalue weighted by atomic mass is 35.5. The third-order valence-corrected chi connectivity index (χ3v) is 5.78. The van der Waals surface area contributed by atoms with E-state index in [1.165, 1.54) is 5.56 Å². The SMILES string of the molecule is CCOC(=O)CC(=O)N1CCN(CC(OCc2cccc(C)c2)c2ccc(Cl)cc2)CC1. The van der Waals surface area contributed by atoms with Gasteiger partial charge in [0, 0.05) is 37.7 Å². The van der Waals surface area contributed by atoms with Gasteiger partial charge in [-0.1, -0.05) is 53.6 Å². The zero-order valence-electron chi connectivity index (χ0n) is 18.8. The Kier molecular flexibility index (Phi) is 9.09. The lowest BCUT2D eigenvalue weighted by atomic mass is 10.1. The first-order valence-electron chi connectivity index (χ1n) is 11.0. The molecule has 1 unspecified atom stereocenters. The van der Waals surface area contributed by atoms with Crippen LogP contribution in [0.25, 0.3) is 0 Å². The van der Waals surface area contributed by atoms with Crippen molar-refractivity contribution in [3.8, 4) is 0 Å². The molecular formula is C25H31ClN2O4. The molecule has 0 aromatic heterocycles. The number of aryl methyl sites for hydroxylation is 1. The number of nitrogens with zero attached hydrogens (tertiary/aromatic N) is 2. The fourth-order valence-corrected chi connectivity index (χ4v) is 3.92. The molecule has 1 heterocycles. The molecule has 3 rings (SSSR count). The number of benzene rings is 2. The minimum Gasteiger partial charge on any atom is -0.466 e. The maximum atomic E-state index is 12.3. The summed E-state index contributed by atoms with van der Waals surface area (Å²) in [5.74, 6) is -0.639. The predicted molar refractivity (Wildman–Crippen MR) is 124 cm³/mol. The molecular weight excluding hydrogens is 428 g/mol. The third kappa shape index (κ3) is 7.33. The number of ether oxygens (including phenoxy) is 2. The van der Waals surface area contributed by atoms with Crippen LogP contribution in [-0.4, -0.2) is 61.0 Å². The number of hydrogen-bond acceptors (Lipinski definition) is 5. The molecule has 0 saturated carbocycles. The number of halogens is 1. The summed E-state index contributed by atoms with van der Waals surface area (Å²) < 4.78 is 11.2. The van der Waals surface area contributed by atoms with Gasteiger partial charge < -0.3 is 14.4 Å². The second kappa shape index (κ2) is 12.0. The van der Waals surface area contributed by atoms with E-state index in [0.29, 0.717) is 31.3 Å². The lowest BCUT2D eigenvalue weighted by Gasteiger charge is -2.36. The Hall–Kier alpha value is -2.41. The summed E-state index contributed by atoms with van der Waals surface area (Å²) in [7, 11) is 0. The first-order valence-corrected chi connectivity index (χ1v) is 11.4. The van der Waals surface area contributed by atoms with Crippen LogP contribution in [0.4, 0.5) is 0 Å². The van der Waals surface area contributed by atoms with E-state index < -0.39 is 5.97 Å². The highest BCUT2D eigenvalue weighted by Crippen LogP contribution is 2.23. The molecule has 1 aliphatic heterocycles. The molecule has 1 fully saturated rings. The van der Waals surface area contributed by atoms with Crippen LogP contribution in [0.5, 0.6) is 0 Å². The lowest BCUT2D eigenvalue weighted by molar-refractivity contribution is -0.149. The van der Waals surface area contributed by atoms with E-state index in [4.69, 9.17) is 21.1 Å². The topological polar surface area (TPSA) is 59.1 Å². The van der Waals surface area contributed by atoms with Gasteiger partial charge in [0.2, 0.25) is 5.91 Å². The number of amides is 1. The van der Waals surface area contributed by atoms with Crippen molar-refractivity contribution in [1.29, 1.82) is 0 Å². The molecule has 0 bridgehead atoms. The van der Waals surface area contributed by atoms with Crippen LogP contribution in [0, 0.1) is 6.92 Å². The minimum absolute atomic E-state index is 0.116. The van der Waals surface area contributed by atoms with Crippen molar-refractivity contribution in [2.24, 2.45) is 0 Å². The van der Waals surface area contributed by atoms with Crippen LogP contribution in [0.1, 0.15) is 36.1 Å². The smallest absolute Gasteiger partial charge is 0.315 e. The van der Waals surface area contributed by atoms with Crippen LogP contribution in [0.2, 0.25) is 5.02 Å². The average Bonchev–Trinajstić information content (AvgIpc) is 2.78. The summed E-state index contributed by atoms with van der Waals surface area (Å²) in [6.07, 6.45) is -0.310. The summed E-state index contributed by atoms with van der Waals surface area (Å²) in [6, 6.07) is 16.1. The minimum atomic E-state index is -0.465. The summed E-state index contributed by atoms with van der Waals surface area (Å²) in [5, 5.41) is 0.694. The van der Waals surface area contributed by atoms with E-state index >= 15 is 0 Å². The zero-order valence-corrected chi connectivity index (χ0v) is 19.5. The van der Waals surface area contributed by atoms with Crippen LogP contribution < -0.4 is 0 Å². The molecule has 2 aromatic carbocycles. The van der Waals surface area contributed by atoms with E-state index in [-0.39, 0.29) is 25.0 Å². The first-order chi connectivity index (χ1) is 15.4. The van der Waals surface area contributed by atoms with E-state index in [1.54, 1.807) is 11.8 Å². The maximum absolute atomic E-state index is 12.3. The Morgan fingerprint density at radius 1 is 1.06 bits per heavy atom. The molecule has 1 saturated heterocycles. The van der Waals surface area contributed by atoms with Crippen molar-refractivity contribution < 1.29 is 19.1 Å². The van der Waals surface area contributed by atoms with Gasteiger partial charge in [-0.3, -0.25) is 14.5 Å². The molecule has 0 radical (unpaired) electrons. The Morgan fingerprint density at radius 3 is 2.44 bits per heavy atom. The Labute approximate surface area is 195 Å². The molecule has 7 heteroatoms. The fourth-order valence-electron chi connectivity index (χ4n) is 3.79. The van der Waals surface area contributed by atoms with Crippen molar-refractivity contribution in [3.05, 3.63) is 70.2 Å². The lowest BCUT2D eigenvalue weighted by Crippen LogP contribution is -2.50. The number of carbonyl (C=O) groups is 2. The number of esters is 1. The highest BCUT2D eigenvalue weighted by molar-refractivity contribution is 6.30. The number of carbonyl (C=O) groups excluding carboxylic acids is 2. The average molecular weight is 459 g/mol. The normalized spacial score (nSPS) is 15.4. The van der Waals surface area contributed by atoms with Crippen LogP contribution >= 0.6 is 11.6 Å². The van der Waals surface area contributed by atoms with E-state index in [1.807, 2.05) is 30.3 Å². The van der Waals surface area contributed by atoms with Gasteiger partial charge in [-0.05, 0) is 37.1 Å². The number of piperazine rings is 1. The predicted octanol–water partition coefficient (Wildman–Crippen LogP) is 4.00. The van der Waals surface area contributed by atoms with Gasteiger partial charge in [-0.25, -0.2) is 0 Å². The molecule has 32 heavy (non-hydrogen) atoms. The second-order valence-electron chi connectivity index (χ2n) is 8.00. The Morgan fingerprint density at radius 2 is 1.78 bits per heavy atom. The molecule has 0 aliphatic carbocycles. The Bertz CT molecular complexity index is 895. The molecule has 1 aliphatic rings. The molecule has 0 spiro atoms. The van der Waals surface area contributed by atoms with Gasteiger partial charge in [-0.2, -0.15) is 0 Å². The fraction of sp³-hybridized carbons (Fsp3) is 0.440. The maximum Gasteiger partial charge on any atom is 0.315 e. The van der Waals surface area contributed by atoms with Crippen molar-refractivity contribution >= 4 is 23.5 Å². The molecule has 0 N–H and O–H groups in total. The standard InChI is InChI=1S/C25H31ClN2O4/c1-3-31-25(30)16-24(29)28-13-11-27(12-14-28)17-23(21-7-9-22(26)10-8-21)32-18-20-6-4-5-19(2)15-20/h4-10,15,23H,3,11-14,16-18H2,1-2H3. The van der Waals surface area contributed by atoms with Gasteiger partial charge in [0.25, 0.3) is 0 Å². The van der Waals surface area contributed by atoms with Gasteiger partial charge >= 0.3 is 5.97 Å². The molecule has 1 amide bonds. The van der Waals surface area contributed by atoms with Crippen LogP contribution in [0.15, 0.2) is 48.5 Å². The summed E-state index contributed by atoms with van der Waals surface area (Å²) in [6.45, 7) is 7.96. The quantitative estimate of drug-likeness (QED) is 0.420. The Balaban J connectivity index is 1.58.